The van der Waals surface area contributed by atoms with E-state index in [-0.39, 0.29) is 0 Å². The van der Waals surface area contributed by atoms with Crippen LogP contribution in [-0.4, -0.2) is 38.6 Å². The van der Waals surface area contributed by atoms with E-state index in [1.807, 2.05) is 45.3 Å². The van der Waals surface area contributed by atoms with Gasteiger partial charge in [-0.3, -0.25) is 0 Å². The molecule has 0 aliphatic rings. The lowest BCUT2D eigenvalue weighted by molar-refractivity contribution is 0.260. The van der Waals surface area contributed by atoms with Crippen molar-refractivity contribution in [3.8, 4) is 53.6 Å². The maximum atomic E-state index is 8.43. The van der Waals surface area contributed by atoms with E-state index in [2.05, 4.69) is 106 Å². The van der Waals surface area contributed by atoms with E-state index in [4.69, 9.17) is 27.1 Å². The molecular formula is C86H140N2O4S5Si2. The molecule has 7 aromatic rings. The third-order valence-corrected chi connectivity index (χ3v) is 35.1. The van der Waals surface area contributed by atoms with Crippen LogP contribution in [0.2, 0.25) is 36.3 Å². The number of benzene rings is 2. The SMILES string of the molecule is CCCCCCCCCCCCOc1c(OCCCCCCCCCCCC)c(-c2ccc(-c3cc4c(O[Si](CCCCCC)(CCCCCC)CCCCCC)c5sc(C)cc5c(O[Si](CCCCCC)(CCCCCC)CCCCCC)c4s3)s2)c2nsnc2c1-c1ccc(C)s1. The van der Waals surface area contributed by atoms with Gasteiger partial charge in [0.2, 0.25) is 0 Å². The quantitative estimate of drug-likeness (QED) is 0.0280. The Morgan fingerprint density at radius 2 is 0.606 bits per heavy atom. The van der Waals surface area contributed by atoms with Crippen molar-refractivity contribution in [1.29, 1.82) is 0 Å². The summed E-state index contributed by atoms with van der Waals surface area (Å²) in [7, 11) is -4.66. The molecule has 0 aliphatic carbocycles. The first-order valence-electron chi connectivity index (χ1n) is 41.8. The van der Waals surface area contributed by atoms with Gasteiger partial charge >= 0.3 is 0 Å². The number of ether oxygens (including phenoxy) is 2. The van der Waals surface area contributed by atoms with Crippen LogP contribution in [0.25, 0.3) is 61.8 Å². The van der Waals surface area contributed by atoms with Gasteiger partial charge in [0.05, 0.1) is 45.5 Å². The molecule has 0 saturated carbocycles. The van der Waals surface area contributed by atoms with Crippen LogP contribution >= 0.6 is 57.1 Å². The van der Waals surface area contributed by atoms with Crippen molar-refractivity contribution in [3.05, 3.63) is 46.2 Å². The van der Waals surface area contributed by atoms with E-state index in [1.54, 1.807) is 0 Å². The molecule has 0 N–H and O–H groups in total. The second-order valence-electron chi connectivity index (χ2n) is 30.1. The van der Waals surface area contributed by atoms with Gasteiger partial charge in [0, 0.05) is 40.0 Å². The van der Waals surface area contributed by atoms with Crippen LogP contribution in [0.15, 0.2) is 36.4 Å². The van der Waals surface area contributed by atoms with Crippen molar-refractivity contribution in [2.75, 3.05) is 13.2 Å². The summed E-state index contributed by atoms with van der Waals surface area (Å²) in [5.41, 5.74) is 3.94. The van der Waals surface area contributed by atoms with Gasteiger partial charge < -0.3 is 18.3 Å². The van der Waals surface area contributed by atoms with Crippen LogP contribution in [0.4, 0.5) is 0 Å². The Bertz CT molecular complexity index is 3100. The van der Waals surface area contributed by atoms with Gasteiger partial charge in [-0.1, -0.05) is 325 Å². The lowest BCUT2D eigenvalue weighted by Gasteiger charge is -2.35. The monoisotopic (exact) mass is 1480 g/mol. The zero-order valence-electron chi connectivity index (χ0n) is 64.8. The van der Waals surface area contributed by atoms with E-state index >= 15 is 0 Å². The molecule has 5 aromatic heterocycles. The Hall–Kier alpha value is -2.79. The molecule has 6 nitrogen and oxygen atoms in total. The van der Waals surface area contributed by atoms with Gasteiger partial charge in [-0.05, 0) is 99.4 Å². The molecule has 556 valence electrons. The molecular weight excluding hydrogens is 1340 g/mol. The number of unbranched alkanes of at least 4 members (excludes halogenated alkanes) is 36. The average Bonchev–Trinajstić information content (AvgIpc) is 1.63. The maximum Gasteiger partial charge on any atom is 0.251 e. The summed E-state index contributed by atoms with van der Waals surface area (Å²) in [5, 5.41) is 2.63. The summed E-state index contributed by atoms with van der Waals surface area (Å²) in [6, 6.07) is 22.0. The number of nitrogens with zero attached hydrogens (tertiary/aromatic N) is 2. The van der Waals surface area contributed by atoms with E-state index < -0.39 is 16.6 Å². The minimum atomic E-state index is -2.33. The molecule has 0 saturated heterocycles. The first-order chi connectivity index (χ1) is 48.6. The molecule has 2 aromatic carbocycles. The zero-order valence-corrected chi connectivity index (χ0v) is 70.9. The summed E-state index contributed by atoms with van der Waals surface area (Å²) in [6.45, 7) is 24.7. The number of hydrogen-bond donors (Lipinski definition) is 0. The first-order valence-corrected chi connectivity index (χ1v) is 50.8. The molecule has 13 heteroatoms. The number of aryl methyl sites for hydroxylation is 2. The van der Waals surface area contributed by atoms with Crippen molar-refractivity contribution in [3.63, 3.8) is 0 Å². The molecule has 0 aliphatic heterocycles. The van der Waals surface area contributed by atoms with E-state index in [1.165, 1.54) is 374 Å². The fourth-order valence-corrected chi connectivity index (χ4v) is 28.9. The molecule has 0 amide bonds. The Kier molecular flexibility index (Phi) is 40.8. The maximum absolute atomic E-state index is 8.43. The van der Waals surface area contributed by atoms with E-state index in [0.29, 0.717) is 13.2 Å². The Morgan fingerprint density at radius 1 is 0.293 bits per heavy atom. The van der Waals surface area contributed by atoms with Crippen LogP contribution in [0, 0.1) is 13.8 Å². The number of rotatable bonds is 61. The molecule has 5 heterocycles. The summed E-state index contributed by atoms with van der Waals surface area (Å²) >= 11 is 9.04. The Morgan fingerprint density at radius 3 is 0.970 bits per heavy atom. The van der Waals surface area contributed by atoms with Gasteiger partial charge in [-0.15, -0.1) is 45.3 Å². The highest BCUT2D eigenvalue weighted by atomic mass is 32.1. The fourth-order valence-electron chi connectivity index (χ4n) is 15.3. The highest BCUT2D eigenvalue weighted by molar-refractivity contribution is 7.28. The van der Waals surface area contributed by atoms with Crippen molar-refractivity contribution in [1.82, 2.24) is 8.75 Å². The average molecular weight is 1480 g/mol. The molecule has 7 rings (SSSR count). The second kappa shape index (κ2) is 48.3. The van der Waals surface area contributed by atoms with E-state index in [9.17, 15) is 0 Å². The minimum Gasteiger partial charge on any atom is -0.542 e. The van der Waals surface area contributed by atoms with Crippen molar-refractivity contribution < 1.29 is 18.3 Å². The summed E-state index contributed by atoms with van der Waals surface area (Å²) in [4.78, 5) is 7.55. The number of thiophene rings is 4. The lowest BCUT2D eigenvalue weighted by Crippen LogP contribution is -2.42. The Balaban J connectivity index is 1.40. The zero-order chi connectivity index (χ0) is 70.2. The van der Waals surface area contributed by atoms with Crippen molar-refractivity contribution >= 4 is 105 Å². The van der Waals surface area contributed by atoms with Crippen LogP contribution in [0.5, 0.6) is 23.0 Å². The van der Waals surface area contributed by atoms with Gasteiger partial charge in [0.25, 0.3) is 16.6 Å². The van der Waals surface area contributed by atoms with Gasteiger partial charge in [0.15, 0.2) is 11.5 Å². The molecule has 0 fully saturated rings. The smallest absolute Gasteiger partial charge is 0.251 e. The summed E-state index contributed by atoms with van der Waals surface area (Å²) < 4.78 is 44.7. The fraction of sp³-hybridized carbons (Fsp3) is 0.721. The molecule has 0 spiro atoms. The first kappa shape index (κ1) is 83.5. The highest BCUT2D eigenvalue weighted by Gasteiger charge is 2.41. The van der Waals surface area contributed by atoms with Crippen LogP contribution < -0.4 is 18.3 Å². The predicted molar refractivity (Wildman–Crippen MR) is 451 cm³/mol. The summed E-state index contributed by atoms with van der Waals surface area (Å²) in [6.07, 6.45) is 56.6. The lowest BCUT2D eigenvalue weighted by atomic mass is 10.0. The van der Waals surface area contributed by atoms with Crippen molar-refractivity contribution in [2.24, 2.45) is 0 Å². The van der Waals surface area contributed by atoms with Gasteiger partial charge in [0.1, 0.15) is 22.5 Å². The third kappa shape index (κ3) is 26.9. The van der Waals surface area contributed by atoms with Crippen LogP contribution in [0.1, 0.15) is 348 Å². The van der Waals surface area contributed by atoms with Crippen LogP contribution in [0.3, 0.4) is 0 Å². The van der Waals surface area contributed by atoms with Gasteiger partial charge in [-0.2, -0.15) is 8.75 Å². The third-order valence-electron chi connectivity index (χ3n) is 21.2. The normalized spacial score (nSPS) is 12.2. The molecule has 99 heavy (non-hydrogen) atoms. The number of aromatic nitrogens is 2. The molecule has 0 atom stereocenters. The molecule has 0 unspecified atom stereocenters. The van der Waals surface area contributed by atoms with Crippen molar-refractivity contribution in [2.45, 2.75) is 388 Å². The topological polar surface area (TPSA) is 62.7 Å². The minimum absolute atomic E-state index is 0.641. The molecule has 0 bridgehead atoms. The highest BCUT2D eigenvalue weighted by Crippen LogP contribution is 2.57. The standard InChI is InChI=1S/C86H140N2O4S5Si2/c1-11-19-27-35-37-39-41-43-45-47-59-89-83-77(74-56-55-69(9)93-74)79-80(88-97-87-79)78(84(83)90-60-48-46-44-42-40-38-36-28-20-12-2)75-58-57-73(95-75)76-68-72-82(92-99(64-52-32-24-16-6,65-53-33-25-17-7)66-54-34-26-18-8)85-71(67-70(10)94-85)81(86(72)96-76)91-98(61-49-29-21-13-3,62-50-30-22-14-4)63-51-31-23-15-5/h55-58,67-68H,11-54,59-66H2,1-10H3. The van der Waals surface area contributed by atoms with Crippen LogP contribution in [-0.2, 0) is 0 Å². The number of fused-ring (bicyclic) bond motifs is 3. The van der Waals surface area contributed by atoms with Gasteiger partial charge in [-0.25, -0.2) is 0 Å². The second-order valence-corrected chi connectivity index (χ2v) is 43.4. The largest absolute Gasteiger partial charge is 0.542 e. The Labute approximate surface area is 628 Å². The summed E-state index contributed by atoms with van der Waals surface area (Å²) in [5.74, 6) is 4.09. The predicted octanol–water partition coefficient (Wildman–Crippen LogP) is 32.6. The molecule has 0 radical (unpaired) electrons. The van der Waals surface area contributed by atoms with E-state index in [0.717, 1.165) is 51.4 Å². The number of hydrogen-bond acceptors (Lipinski definition) is 11.